The topological polar surface area (TPSA) is 0 Å². The van der Waals surface area contributed by atoms with Crippen molar-refractivity contribution in [1.29, 1.82) is 0 Å². The molecule has 0 N–H and O–H groups in total. The van der Waals surface area contributed by atoms with Crippen molar-refractivity contribution in [3.05, 3.63) is 142 Å². The number of rotatable bonds is 3. The Morgan fingerprint density at radius 1 is 0.548 bits per heavy atom. The van der Waals surface area contributed by atoms with Gasteiger partial charge < -0.3 is 24.8 Å². The SMILES string of the molecule is CC1=C(c2cc(C(F)(F)F)cc(C(F)(F)F)c2)C(C2=C(c3ccccc3)[CH]([Zr+2])c3ccccc32)c2ccccc21.[Cl-].[Cl-]. The summed E-state index contributed by atoms with van der Waals surface area (Å²) in [6.07, 6.45) is -9.87. The molecule has 42 heavy (non-hydrogen) atoms. The molecule has 0 bridgehead atoms. The normalized spacial score (nSPS) is 17.9. The van der Waals surface area contributed by atoms with Gasteiger partial charge in [-0.2, -0.15) is 0 Å². The Morgan fingerprint density at radius 2 is 1.05 bits per heavy atom. The summed E-state index contributed by atoms with van der Waals surface area (Å²) in [6.45, 7) is 1.79. The van der Waals surface area contributed by atoms with Crippen molar-refractivity contribution in [2.45, 2.75) is 28.8 Å². The molecule has 0 heterocycles. The molecule has 4 aromatic rings. The summed E-state index contributed by atoms with van der Waals surface area (Å²) < 4.78 is 83.6. The maximum atomic E-state index is 13.9. The van der Waals surface area contributed by atoms with E-state index in [0.717, 1.165) is 51.1 Å². The Morgan fingerprint density at radius 3 is 1.62 bits per heavy atom. The van der Waals surface area contributed by atoms with Crippen molar-refractivity contribution in [2.24, 2.45) is 0 Å². The van der Waals surface area contributed by atoms with E-state index < -0.39 is 29.4 Å². The quantitative estimate of drug-likeness (QED) is 0.285. The van der Waals surface area contributed by atoms with Crippen molar-refractivity contribution >= 4 is 22.3 Å². The van der Waals surface area contributed by atoms with Crippen LogP contribution in [0.15, 0.2) is 97.1 Å². The van der Waals surface area contributed by atoms with E-state index in [4.69, 9.17) is 0 Å². The number of allylic oxidation sites excluding steroid dienone is 4. The molecule has 4 aromatic carbocycles. The zero-order chi connectivity index (χ0) is 28.4. The van der Waals surface area contributed by atoms with Gasteiger partial charge in [0.1, 0.15) is 0 Å². The minimum Gasteiger partial charge on any atom is -1.00 e. The van der Waals surface area contributed by atoms with Crippen LogP contribution in [0.2, 0.25) is 0 Å². The largest absolute Gasteiger partial charge is 1.00 e. The molecule has 9 heteroatoms. The van der Waals surface area contributed by atoms with Gasteiger partial charge in [-0.15, -0.1) is 0 Å². The fourth-order valence-electron chi connectivity index (χ4n) is 6.10. The van der Waals surface area contributed by atoms with Crippen LogP contribution in [0, 0.1) is 0 Å². The number of halogens is 8. The van der Waals surface area contributed by atoms with E-state index in [-0.39, 0.29) is 40.1 Å². The summed E-state index contributed by atoms with van der Waals surface area (Å²) in [7, 11) is 0. The van der Waals surface area contributed by atoms with Crippen LogP contribution in [0.1, 0.15) is 61.0 Å². The molecule has 0 saturated carbocycles. The second-order valence-corrected chi connectivity index (χ2v) is 11.5. The number of benzene rings is 4. The second-order valence-electron chi connectivity index (χ2n) is 10.1. The molecular weight excluding hydrogens is 672 g/mol. The van der Waals surface area contributed by atoms with Gasteiger partial charge >= 0.3 is 244 Å². The Hall–Kier alpha value is -2.60. The number of alkyl halides is 6. The zero-order valence-corrected chi connectivity index (χ0v) is 25.9. The first-order chi connectivity index (χ1) is 19.0. The first-order valence-corrected chi connectivity index (χ1v) is 14.1. The summed E-state index contributed by atoms with van der Waals surface area (Å²) >= 11 is 1.25. The van der Waals surface area contributed by atoms with E-state index in [1.807, 2.05) is 72.8 Å². The molecule has 0 saturated heterocycles. The minimum absolute atomic E-state index is 0. The number of hydrogen-bond donors (Lipinski definition) is 0. The van der Waals surface area contributed by atoms with Crippen LogP contribution in [-0.2, 0) is 37.1 Å². The van der Waals surface area contributed by atoms with Crippen molar-refractivity contribution in [3.63, 3.8) is 0 Å². The van der Waals surface area contributed by atoms with E-state index in [1.54, 1.807) is 6.92 Å². The summed E-state index contributed by atoms with van der Waals surface area (Å²) in [6, 6.07) is 27.3. The van der Waals surface area contributed by atoms with E-state index in [9.17, 15) is 26.3 Å². The predicted octanol–water partition coefficient (Wildman–Crippen LogP) is 3.97. The van der Waals surface area contributed by atoms with Crippen LogP contribution in [-0.4, -0.2) is 0 Å². The third-order valence-corrected chi connectivity index (χ3v) is 9.26. The molecular formula is C33H21Cl2F6Zr. The van der Waals surface area contributed by atoms with Gasteiger partial charge in [-0.25, -0.2) is 0 Å². The summed E-state index contributed by atoms with van der Waals surface area (Å²) in [5.41, 5.74) is 5.28. The molecule has 213 valence electrons. The molecule has 6 rings (SSSR count). The van der Waals surface area contributed by atoms with Gasteiger partial charge in [-0.3, -0.25) is 0 Å². The molecule has 0 aliphatic heterocycles. The summed E-state index contributed by atoms with van der Waals surface area (Å²) in [4.78, 5) is 0. The molecule has 2 aliphatic carbocycles. The van der Waals surface area contributed by atoms with E-state index in [2.05, 4.69) is 6.07 Å². The molecule has 0 fully saturated rings. The zero-order valence-electron chi connectivity index (χ0n) is 21.9. The minimum atomic E-state index is -4.93. The van der Waals surface area contributed by atoms with Crippen molar-refractivity contribution < 1.29 is 75.9 Å². The fraction of sp³-hybridized carbons (Fsp3) is 0.152. The average Bonchev–Trinajstić information content (AvgIpc) is 3.38. The van der Waals surface area contributed by atoms with Crippen LogP contribution in [0.4, 0.5) is 26.3 Å². The van der Waals surface area contributed by atoms with Gasteiger partial charge in [0.15, 0.2) is 0 Å². The molecule has 2 atom stereocenters. The molecule has 0 spiro atoms. The van der Waals surface area contributed by atoms with Crippen molar-refractivity contribution in [3.8, 4) is 0 Å². The van der Waals surface area contributed by atoms with Crippen LogP contribution in [0.3, 0.4) is 0 Å². The van der Waals surface area contributed by atoms with Crippen LogP contribution in [0.25, 0.3) is 22.3 Å². The smallest absolute Gasteiger partial charge is 1.00 e. The molecule has 2 unspecified atom stereocenters. The van der Waals surface area contributed by atoms with Gasteiger partial charge in [0, 0.05) is 0 Å². The molecule has 2 aliphatic rings. The Kier molecular flexibility index (Phi) is 9.10. The second kappa shape index (κ2) is 11.8. The first kappa shape index (κ1) is 32.3. The van der Waals surface area contributed by atoms with Crippen molar-refractivity contribution in [1.82, 2.24) is 0 Å². The van der Waals surface area contributed by atoms with E-state index in [1.165, 1.54) is 24.7 Å². The van der Waals surface area contributed by atoms with Crippen molar-refractivity contribution in [2.75, 3.05) is 0 Å². The third-order valence-electron chi connectivity index (χ3n) is 7.78. The van der Waals surface area contributed by atoms with Gasteiger partial charge in [0.25, 0.3) is 0 Å². The Balaban J connectivity index is 0.00000202. The Labute approximate surface area is 267 Å². The monoisotopic (exact) mass is 691 g/mol. The summed E-state index contributed by atoms with van der Waals surface area (Å²) in [5.74, 6) is -0.539. The van der Waals surface area contributed by atoms with E-state index in [0.29, 0.717) is 11.1 Å². The molecule has 0 radical (unpaired) electrons. The van der Waals surface area contributed by atoms with Gasteiger partial charge in [-0.05, 0) is 0 Å². The first-order valence-electron chi connectivity index (χ1n) is 12.7. The molecule has 0 aromatic heterocycles. The predicted molar refractivity (Wildman–Crippen MR) is 141 cm³/mol. The molecule has 0 nitrogen and oxygen atoms in total. The van der Waals surface area contributed by atoms with Gasteiger partial charge in [0.05, 0.1) is 0 Å². The fourth-order valence-corrected chi connectivity index (χ4v) is 7.51. The maximum absolute atomic E-state index is 13.9. The standard InChI is InChI=1S/C33H21F6.2ClH.Zr/c1-19-25-12-7-8-14-27(25)31(29(19)22-15-23(32(34,35)36)18-24(16-22)33(37,38)39)30-26-13-6-5-11-21(26)17-28(30)20-9-3-2-4-10-20;;;/h2-18,31H,1H3;2*1H;/q;;;+2/p-2. The van der Waals surface area contributed by atoms with Gasteiger partial charge in [0.2, 0.25) is 0 Å². The van der Waals surface area contributed by atoms with Crippen LogP contribution >= 0.6 is 0 Å². The number of hydrogen-bond acceptors (Lipinski definition) is 0. The summed E-state index contributed by atoms with van der Waals surface area (Å²) in [5, 5.41) is 0. The van der Waals surface area contributed by atoms with Gasteiger partial charge in [-0.1, -0.05) is 0 Å². The molecule has 0 amide bonds. The number of fused-ring (bicyclic) bond motifs is 2. The maximum Gasteiger partial charge on any atom is -1.00 e. The van der Waals surface area contributed by atoms with Crippen LogP contribution in [0.5, 0.6) is 0 Å². The Bertz CT molecular complexity index is 1670. The van der Waals surface area contributed by atoms with E-state index >= 15 is 0 Å². The third kappa shape index (κ3) is 5.45. The average molecular weight is 694 g/mol. The van der Waals surface area contributed by atoms with Crippen LogP contribution < -0.4 is 24.8 Å².